The van der Waals surface area contributed by atoms with Crippen molar-refractivity contribution in [2.45, 2.75) is 46.5 Å². The SMILES string of the molecule is CC(C)(C)C(=O)CC(=O)C1CCC1. The lowest BCUT2D eigenvalue weighted by Gasteiger charge is -2.25. The molecule has 0 aliphatic heterocycles. The summed E-state index contributed by atoms with van der Waals surface area (Å²) in [5.41, 5.74) is -0.362. The molecular formula is C11H18O2. The van der Waals surface area contributed by atoms with Crippen molar-refractivity contribution in [2.24, 2.45) is 11.3 Å². The van der Waals surface area contributed by atoms with Crippen molar-refractivity contribution < 1.29 is 9.59 Å². The number of carbonyl (C=O) groups is 2. The zero-order valence-corrected chi connectivity index (χ0v) is 8.72. The molecule has 74 valence electrons. The molecule has 0 aromatic carbocycles. The van der Waals surface area contributed by atoms with Crippen LogP contribution < -0.4 is 0 Å². The fraction of sp³-hybridized carbons (Fsp3) is 0.818. The van der Waals surface area contributed by atoms with Gasteiger partial charge in [0.15, 0.2) is 0 Å². The lowest BCUT2D eigenvalue weighted by molar-refractivity contribution is -0.134. The van der Waals surface area contributed by atoms with Gasteiger partial charge in [-0.25, -0.2) is 0 Å². The summed E-state index contributed by atoms with van der Waals surface area (Å²) in [7, 11) is 0. The number of hydrogen-bond donors (Lipinski definition) is 0. The van der Waals surface area contributed by atoms with Gasteiger partial charge >= 0.3 is 0 Å². The Bertz CT molecular complexity index is 219. The largest absolute Gasteiger partial charge is 0.299 e. The maximum atomic E-state index is 11.5. The van der Waals surface area contributed by atoms with Crippen LogP contribution in [0.25, 0.3) is 0 Å². The lowest BCUT2D eigenvalue weighted by Crippen LogP contribution is -2.29. The van der Waals surface area contributed by atoms with E-state index in [-0.39, 0.29) is 29.3 Å². The number of ketones is 2. The molecule has 0 spiro atoms. The Labute approximate surface area is 79.7 Å². The minimum Gasteiger partial charge on any atom is -0.299 e. The monoisotopic (exact) mass is 182 g/mol. The molecule has 0 heterocycles. The first kappa shape index (κ1) is 10.4. The molecule has 13 heavy (non-hydrogen) atoms. The maximum Gasteiger partial charge on any atom is 0.145 e. The Hall–Kier alpha value is -0.660. The van der Waals surface area contributed by atoms with Gasteiger partial charge in [0.25, 0.3) is 0 Å². The Morgan fingerprint density at radius 3 is 2.08 bits per heavy atom. The molecular weight excluding hydrogens is 164 g/mol. The molecule has 0 radical (unpaired) electrons. The van der Waals surface area contributed by atoms with Gasteiger partial charge in [-0.3, -0.25) is 9.59 Å². The quantitative estimate of drug-likeness (QED) is 0.628. The van der Waals surface area contributed by atoms with E-state index in [9.17, 15) is 9.59 Å². The van der Waals surface area contributed by atoms with Crippen LogP contribution in [0.2, 0.25) is 0 Å². The van der Waals surface area contributed by atoms with Crippen LogP contribution in [0, 0.1) is 11.3 Å². The summed E-state index contributed by atoms with van der Waals surface area (Å²) in [6.45, 7) is 5.59. The summed E-state index contributed by atoms with van der Waals surface area (Å²) in [4.78, 5) is 23.0. The highest BCUT2D eigenvalue weighted by atomic mass is 16.1. The summed E-state index contributed by atoms with van der Waals surface area (Å²) in [5.74, 6) is 0.432. The first-order valence-corrected chi connectivity index (χ1v) is 4.97. The number of hydrogen-bond acceptors (Lipinski definition) is 2. The van der Waals surface area contributed by atoms with Crippen molar-refractivity contribution >= 4 is 11.6 Å². The Kier molecular flexibility index (Phi) is 2.89. The van der Waals surface area contributed by atoms with Crippen LogP contribution in [0.4, 0.5) is 0 Å². The Morgan fingerprint density at radius 2 is 1.77 bits per heavy atom. The fourth-order valence-electron chi connectivity index (χ4n) is 1.30. The van der Waals surface area contributed by atoms with Crippen LogP contribution in [0.1, 0.15) is 46.5 Å². The first-order chi connectivity index (χ1) is 5.91. The predicted octanol–water partition coefficient (Wildman–Crippen LogP) is 2.36. The smallest absolute Gasteiger partial charge is 0.145 e. The molecule has 0 amide bonds. The number of rotatable bonds is 3. The third-order valence-corrected chi connectivity index (χ3v) is 2.73. The van der Waals surface area contributed by atoms with Crippen LogP contribution in [0.5, 0.6) is 0 Å². The molecule has 1 aliphatic carbocycles. The molecule has 1 rings (SSSR count). The van der Waals surface area contributed by atoms with E-state index in [4.69, 9.17) is 0 Å². The van der Waals surface area contributed by atoms with Gasteiger partial charge in [0.05, 0.1) is 6.42 Å². The average molecular weight is 182 g/mol. The summed E-state index contributed by atoms with van der Waals surface area (Å²) in [5, 5.41) is 0. The first-order valence-electron chi connectivity index (χ1n) is 4.97. The van der Waals surface area contributed by atoms with Crippen molar-refractivity contribution in [1.82, 2.24) is 0 Å². The van der Waals surface area contributed by atoms with Gasteiger partial charge in [0.2, 0.25) is 0 Å². The van der Waals surface area contributed by atoms with E-state index in [0.717, 1.165) is 19.3 Å². The molecule has 0 unspecified atom stereocenters. The zero-order chi connectivity index (χ0) is 10.1. The molecule has 2 heteroatoms. The van der Waals surface area contributed by atoms with Crippen LogP contribution in [0.15, 0.2) is 0 Å². The molecule has 0 aromatic rings. The molecule has 0 atom stereocenters. The van der Waals surface area contributed by atoms with Crippen molar-refractivity contribution in [3.05, 3.63) is 0 Å². The van der Waals surface area contributed by atoms with Crippen LogP contribution >= 0.6 is 0 Å². The van der Waals surface area contributed by atoms with E-state index in [1.54, 1.807) is 0 Å². The molecule has 0 N–H and O–H groups in total. The van der Waals surface area contributed by atoms with Crippen molar-refractivity contribution in [3.8, 4) is 0 Å². The highest BCUT2D eigenvalue weighted by molar-refractivity contribution is 6.02. The molecule has 0 aromatic heterocycles. The topological polar surface area (TPSA) is 34.1 Å². The summed E-state index contributed by atoms with van der Waals surface area (Å²) >= 11 is 0. The van der Waals surface area contributed by atoms with Gasteiger partial charge < -0.3 is 0 Å². The summed E-state index contributed by atoms with van der Waals surface area (Å²) in [6, 6.07) is 0. The second-order valence-corrected chi connectivity index (χ2v) is 4.94. The van der Waals surface area contributed by atoms with Gasteiger partial charge in [-0.2, -0.15) is 0 Å². The van der Waals surface area contributed by atoms with Crippen molar-refractivity contribution in [3.63, 3.8) is 0 Å². The van der Waals surface area contributed by atoms with Crippen molar-refractivity contribution in [1.29, 1.82) is 0 Å². The number of carbonyl (C=O) groups excluding carboxylic acids is 2. The van der Waals surface area contributed by atoms with E-state index >= 15 is 0 Å². The minimum atomic E-state index is -0.362. The predicted molar refractivity (Wildman–Crippen MR) is 51.4 cm³/mol. The number of Topliss-reactive ketones (excluding diaryl/α,β-unsaturated/α-hetero) is 2. The second-order valence-electron chi connectivity index (χ2n) is 4.94. The lowest BCUT2D eigenvalue weighted by atomic mass is 9.78. The average Bonchev–Trinajstić information content (AvgIpc) is 1.79. The molecule has 1 fully saturated rings. The zero-order valence-electron chi connectivity index (χ0n) is 8.72. The normalized spacial score (nSPS) is 18.1. The van der Waals surface area contributed by atoms with E-state index < -0.39 is 0 Å². The van der Waals surface area contributed by atoms with Crippen LogP contribution in [-0.2, 0) is 9.59 Å². The fourth-order valence-corrected chi connectivity index (χ4v) is 1.30. The van der Waals surface area contributed by atoms with E-state index in [1.165, 1.54) is 0 Å². The van der Waals surface area contributed by atoms with Gasteiger partial charge in [0.1, 0.15) is 11.6 Å². The van der Waals surface area contributed by atoms with E-state index in [1.807, 2.05) is 20.8 Å². The van der Waals surface area contributed by atoms with Crippen LogP contribution in [-0.4, -0.2) is 11.6 Å². The highest BCUT2D eigenvalue weighted by Gasteiger charge is 2.30. The van der Waals surface area contributed by atoms with Gasteiger partial charge in [-0.15, -0.1) is 0 Å². The highest BCUT2D eigenvalue weighted by Crippen LogP contribution is 2.29. The maximum absolute atomic E-state index is 11.5. The molecule has 1 aliphatic rings. The Morgan fingerprint density at radius 1 is 1.23 bits per heavy atom. The molecule has 2 nitrogen and oxygen atoms in total. The third kappa shape index (κ3) is 2.64. The van der Waals surface area contributed by atoms with Crippen LogP contribution in [0.3, 0.4) is 0 Å². The standard InChI is InChI=1S/C11H18O2/c1-11(2,3)10(13)7-9(12)8-5-4-6-8/h8H,4-7H2,1-3H3. The summed E-state index contributed by atoms with van der Waals surface area (Å²) in [6.07, 6.45) is 3.29. The minimum absolute atomic E-state index is 0.0735. The van der Waals surface area contributed by atoms with E-state index in [2.05, 4.69) is 0 Å². The molecule has 1 saturated carbocycles. The third-order valence-electron chi connectivity index (χ3n) is 2.73. The van der Waals surface area contributed by atoms with E-state index in [0.29, 0.717) is 0 Å². The van der Waals surface area contributed by atoms with Gasteiger partial charge in [0, 0.05) is 11.3 Å². The van der Waals surface area contributed by atoms with Gasteiger partial charge in [-0.05, 0) is 12.8 Å². The molecule has 0 bridgehead atoms. The molecule has 0 saturated heterocycles. The van der Waals surface area contributed by atoms with Gasteiger partial charge in [-0.1, -0.05) is 27.2 Å². The Balaban J connectivity index is 2.39. The van der Waals surface area contributed by atoms with Crippen molar-refractivity contribution in [2.75, 3.05) is 0 Å². The second kappa shape index (κ2) is 3.60. The summed E-state index contributed by atoms with van der Waals surface area (Å²) < 4.78 is 0.